The molecule has 0 radical (unpaired) electrons. The molecule has 1 atom stereocenters. The summed E-state index contributed by atoms with van der Waals surface area (Å²) in [6.07, 6.45) is 1.81. The van der Waals surface area contributed by atoms with Crippen molar-refractivity contribution in [3.8, 4) is 0 Å². The Morgan fingerprint density at radius 1 is 1.38 bits per heavy atom. The van der Waals surface area contributed by atoms with Crippen LogP contribution in [-0.2, 0) is 9.47 Å². The molecule has 13 heavy (non-hydrogen) atoms. The van der Waals surface area contributed by atoms with Gasteiger partial charge in [-0.1, -0.05) is 34.8 Å². The maximum atomic E-state index is 10.8. The molecule has 0 N–H and O–H groups in total. The summed E-state index contributed by atoms with van der Waals surface area (Å²) in [6.45, 7) is 0. The van der Waals surface area contributed by atoms with E-state index in [1.807, 2.05) is 0 Å². The van der Waals surface area contributed by atoms with Crippen molar-refractivity contribution in [2.24, 2.45) is 0 Å². The number of alkyl halides is 3. The summed E-state index contributed by atoms with van der Waals surface area (Å²) in [4.78, 5) is 10.8. The van der Waals surface area contributed by atoms with Crippen molar-refractivity contribution in [3.63, 3.8) is 0 Å². The first-order valence-electron chi connectivity index (χ1n) is 3.64. The number of ether oxygens (including phenoxy) is 2. The quantitative estimate of drug-likeness (QED) is 0.485. The Kier molecular flexibility index (Phi) is 1.95. The highest BCUT2D eigenvalue weighted by atomic mass is 35.5. The standard InChI is InChI=1S/C7H5Cl3O3/c8-6(9)3-1-2-4-7(6,10)13-5(11)12-4/h2H,1,3H2. The van der Waals surface area contributed by atoms with Gasteiger partial charge in [-0.3, -0.25) is 0 Å². The fourth-order valence-corrected chi connectivity index (χ4v) is 2.07. The van der Waals surface area contributed by atoms with Gasteiger partial charge in [0, 0.05) is 0 Å². The number of halogens is 3. The molecular weight excluding hydrogens is 238 g/mol. The lowest BCUT2D eigenvalue weighted by molar-refractivity contribution is 0.0974. The van der Waals surface area contributed by atoms with Crippen LogP contribution in [0.25, 0.3) is 0 Å². The van der Waals surface area contributed by atoms with Crippen LogP contribution in [0, 0.1) is 0 Å². The molecule has 0 saturated carbocycles. The minimum atomic E-state index is -1.55. The van der Waals surface area contributed by atoms with Gasteiger partial charge < -0.3 is 9.47 Å². The topological polar surface area (TPSA) is 35.5 Å². The fraction of sp³-hybridized carbons (Fsp3) is 0.571. The first kappa shape index (κ1) is 9.44. The van der Waals surface area contributed by atoms with E-state index < -0.39 is 15.5 Å². The molecule has 1 aliphatic heterocycles. The van der Waals surface area contributed by atoms with Gasteiger partial charge in [-0.25, -0.2) is 4.79 Å². The third-order valence-corrected chi connectivity index (χ3v) is 3.68. The van der Waals surface area contributed by atoms with E-state index in [-0.39, 0.29) is 5.76 Å². The average molecular weight is 243 g/mol. The Labute approximate surface area is 89.5 Å². The molecule has 0 amide bonds. The number of allylic oxidation sites excluding steroid dienone is 1. The molecule has 0 aromatic rings. The second kappa shape index (κ2) is 2.69. The summed E-state index contributed by atoms with van der Waals surface area (Å²) in [5.74, 6) is 0.190. The summed E-state index contributed by atoms with van der Waals surface area (Å²) in [7, 11) is 0. The molecular formula is C7H5Cl3O3. The Bertz CT molecular complexity index is 299. The van der Waals surface area contributed by atoms with Crippen molar-refractivity contribution >= 4 is 41.0 Å². The summed E-state index contributed by atoms with van der Waals surface area (Å²) in [5, 5.41) is -1.55. The number of hydrogen-bond acceptors (Lipinski definition) is 3. The van der Waals surface area contributed by atoms with Crippen molar-refractivity contribution in [2.45, 2.75) is 22.2 Å². The molecule has 1 unspecified atom stereocenters. The van der Waals surface area contributed by atoms with Crippen LogP contribution in [0.2, 0.25) is 0 Å². The monoisotopic (exact) mass is 242 g/mol. The summed E-state index contributed by atoms with van der Waals surface area (Å²) >= 11 is 17.8. The number of carbonyl (C=O) groups excluding carboxylic acids is 1. The highest BCUT2D eigenvalue weighted by Gasteiger charge is 2.61. The third-order valence-electron chi connectivity index (χ3n) is 1.99. The lowest BCUT2D eigenvalue weighted by Crippen LogP contribution is -2.44. The third kappa shape index (κ3) is 1.22. The molecule has 72 valence electrons. The molecule has 0 bridgehead atoms. The van der Waals surface area contributed by atoms with Gasteiger partial charge in [-0.05, 0) is 18.9 Å². The minimum absolute atomic E-state index is 0.190. The second-order valence-electron chi connectivity index (χ2n) is 2.86. The second-order valence-corrected chi connectivity index (χ2v) is 4.88. The van der Waals surface area contributed by atoms with E-state index in [0.717, 1.165) is 0 Å². The van der Waals surface area contributed by atoms with E-state index in [1.54, 1.807) is 6.08 Å². The van der Waals surface area contributed by atoms with E-state index in [0.29, 0.717) is 12.8 Å². The van der Waals surface area contributed by atoms with E-state index in [2.05, 4.69) is 0 Å². The van der Waals surface area contributed by atoms with Crippen molar-refractivity contribution in [2.75, 3.05) is 0 Å². The smallest absolute Gasteiger partial charge is 0.400 e. The zero-order chi connectivity index (χ0) is 9.69. The molecule has 1 heterocycles. The van der Waals surface area contributed by atoms with Gasteiger partial charge in [0.25, 0.3) is 5.06 Å². The first-order valence-corrected chi connectivity index (χ1v) is 4.77. The predicted molar refractivity (Wildman–Crippen MR) is 47.9 cm³/mol. The molecule has 2 rings (SSSR count). The molecule has 0 spiro atoms. The maximum absolute atomic E-state index is 10.8. The van der Waals surface area contributed by atoms with Gasteiger partial charge in [0.15, 0.2) is 10.1 Å². The van der Waals surface area contributed by atoms with Crippen molar-refractivity contribution in [3.05, 3.63) is 11.8 Å². The SMILES string of the molecule is O=C1OC2=CCCC(Cl)(Cl)C2(Cl)O1. The van der Waals surface area contributed by atoms with Crippen molar-refractivity contribution in [1.82, 2.24) is 0 Å². The number of carbonyl (C=O) groups is 1. The van der Waals surface area contributed by atoms with E-state index >= 15 is 0 Å². The molecule has 6 heteroatoms. The lowest BCUT2D eigenvalue weighted by Gasteiger charge is -2.33. The van der Waals surface area contributed by atoms with Crippen molar-refractivity contribution in [1.29, 1.82) is 0 Å². The van der Waals surface area contributed by atoms with Crippen molar-refractivity contribution < 1.29 is 14.3 Å². The molecule has 2 aliphatic rings. The maximum Gasteiger partial charge on any atom is 0.515 e. The van der Waals surface area contributed by atoms with Crippen LogP contribution >= 0.6 is 34.8 Å². The normalized spacial score (nSPS) is 35.9. The minimum Gasteiger partial charge on any atom is -0.400 e. The van der Waals surface area contributed by atoms with Crippen LogP contribution < -0.4 is 0 Å². The van der Waals surface area contributed by atoms with E-state index in [9.17, 15) is 4.79 Å². The number of hydrogen-bond donors (Lipinski definition) is 0. The molecule has 1 aliphatic carbocycles. The molecule has 0 aromatic carbocycles. The Morgan fingerprint density at radius 2 is 2.08 bits per heavy atom. The van der Waals surface area contributed by atoms with Gasteiger partial charge in [0.2, 0.25) is 0 Å². The molecule has 3 nitrogen and oxygen atoms in total. The average Bonchev–Trinajstić information content (AvgIpc) is 2.27. The number of rotatable bonds is 0. The zero-order valence-electron chi connectivity index (χ0n) is 6.35. The van der Waals surface area contributed by atoms with Gasteiger partial charge in [0.1, 0.15) is 0 Å². The van der Waals surface area contributed by atoms with Gasteiger partial charge in [-0.2, -0.15) is 0 Å². The Morgan fingerprint density at radius 3 is 2.69 bits per heavy atom. The molecule has 1 saturated heterocycles. The van der Waals surface area contributed by atoms with E-state index in [1.165, 1.54) is 0 Å². The summed E-state index contributed by atoms with van der Waals surface area (Å²) in [5.41, 5.74) is 0. The largest absolute Gasteiger partial charge is 0.515 e. The zero-order valence-corrected chi connectivity index (χ0v) is 8.62. The van der Waals surface area contributed by atoms with Gasteiger partial charge >= 0.3 is 6.16 Å². The lowest BCUT2D eigenvalue weighted by atomic mass is 10.0. The van der Waals surface area contributed by atoms with Crippen LogP contribution in [0.5, 0.6) is 0 Å². The first-order chi connectivity index (χ1) is 5.96. The highest BCUT2D eigenvalue weighted by molar-refractivity contribution is 6.54. The number of fused-ring (bicyclic) bond motifs is 1. The molecule has 0 aromatic heterocycles. The van der Waals surface area contributed by atoms with Crippen LogP contribution in [0.15, 0.2) is 11.8 Å². The van der Waals surface area contributed by atoms with Gasteiger partial charge in [0.05, 0.1) is 0 Å². The molecule has 1 fully saturated rings. The van der Waals surface area contributed by atoms with E-state index in [4.69, 9.17) is 44.3 Å². The van der Waals surface area contributed by atoms with Crippen LogP contribution in [-0.4, -0.2) is 15.5 Å². The van der Waals surface area contributed by atoms with Crippen LogP contribution in [0.4, 0.5) is 4.79 Å². The van der Waals surface area contributed by atoms with Gasteiger partial charge in [-0.15, -0.1) is 0 Å². The summed E-state index contributed by atoms with van der Waals surface area (Å²) < 4.78 is 8.11. The fourth-order valence-electron chi connectivity index (χ4n) is 1.31. The van der Waals surface area contributed by atoms with Crippen LogP contribution in [0.1, 0.15) is 12.8 Å². The Balaban J connectivity index is 2.45. The summed E-state index contributed by atoms with van der Waals surface area (Å²) in [6, 6.07) is 0. The van der Waals surface area contributed by atoms with Crippen LogP contribution in [0.3, 0.4) is 0 Å². The predicted octanol–water partition coefficient (Wildman–Crippen LogP) is 2.94. The highest BCUT2D eigenvalue weighted by Crippen LogP contribution is 2.53. The Hall–Kier alpha value is -0.120.